The van der Waals surface area contributed by atoms with Crippen molar-refractivity contribution < 1.29 is 24.2 Å². The van der Waals surface area contributed by atoms with Crippen molar-refractivity contribution >= 4 is 11.9 Å². The van der Waals surface area contributed by atoms with Crippen LogP contribution in [-0.2, 0) is 19.1 Å². The lowest BCUT2D eigenvalue weighted by molar-refractivity contribution is -0.147. The first-order valence-electron chi connectivity index (χ1n) is 21.4. The number of ether oxygens (including phenoxy) is 2. The van der Waals surface area contributed by atoms with Crippen LogP contribution in [0.15, 0.2) is 0 Å². The fourth-order valence-corrected chi connectivity index (χ4v) is 6.74. The number of hydrogen-bond donors (Lipinski definition) is 1. The summed E-state index contributed by atoms with van der Waals surface area (Å²) in [5, 5.41) is 9.38. The molecule has 0 atom stereocenters. The molecular formula is C43H85NO5. The molecule has 0 spiro atoms. The highest BCUT2D eigenvalue weighted by Gasteiger charge is 2.20. The molecule has 0 aromatic carbocycles. The highest BCUT2D eigenvalue weighted by molar-refractivity contribution is 5.69. The van der Waals surface area contributed by atoms with Crippen molar-refractivity contribution in [2.24, 2.45) is 11.3 Å². The Morgan fingerprint density at radius 3 is 1.59 bits per heavy atom. The summed E-state index contributed by atoms with van der Waals surface area (Å²) in [4.78, 5) is 26.9. The topological polar surface area (TPSA) is 76.1 Å². The first kappa shape index (κ1) is 47.9. The van der Waals surface area contributed by atoms with Crippen molar-refractivity contribution in [3.05, 3.63) is 0 Å². The van der Waals surface area contributed by atoms with Gasteiger partial charge >= 0.3 is 11.9 Å². The third-order valence-electron chi connectivity index (χ3n) is 10.1. The molecule has 0 aliphatic rings. The average Bonchev–Trinajstić information content (AvgIpc) is 3.08. The second-order valence-corrected chi connectivity index (χ2v) is 15.8. The first-order valence-corrected chi connectivity index (χ1v) is 21.4. The lowest BCUT2D eigenvalue weighted by Gasteiger charge is -2.25. The molecular weight excluding hydrogens is 610 g/mol. The van der Waals surface area contributed by atoms with Gasteiger partial charge in [-0.15, -0.1) is 0 Å². The molecule has 0 aliphatic carbocycles. The maximum absolute atomic E-state index is 12.2. The van der Waals surface area contributed by atoms with Gasteiger partial charge in [-0.3, -0.25) is 9.59 Å². The molecule has 0 aliphatic heterocycles. The Bertz CT molecular complexity index is 719. The van der Waals surface area contributed by atoms with Crippen LogP contribution in [0.3, 0.4) is 0 Å². The van der Waals surface area contributed by atoms with Crippen molar-refractivity contribution in [1.29, 1.82) is 0 Å². The molecule has 0 saturated heterocycles. The van der Waals surface area contributed by atoms with E-state index in [1.165, 1.54) is 109 Å². The summed E-state index contributed by atoms with van der Waals surface area (Å²) in [6.07, 6.45) is 32.0. The van der Waals surface area contributed by atoms with Crippen molar-refractivity contribution in [2.75, 3.05) is 39.5 Å². The Morgan fingerprint density at radius 1 is 0.551 bits per heavy atom. The molecule has 292 valence electrons. The van der Waals surface area contributed by atoms with E-state index in [-0.39, 0.29) is 24.0 Å². The van der Waals surface area contributed by atoms with E-state index >= 15 is 0 Å². The van der Waals surface area contributed by atoms with Gasteiger partial charge in [0.15, 0.2) is 0 Å². The van der Waals surface area contributed by atoms with Gasteiger partial charge in [0.1, 0.15) is 0 Å². The Morgan fingerprint density at radius 2 is 1.02 bits per heavy atom. The van der Waals surface area contributed by atoms with Crippen LogP contribution >= 0.6 is 0 Å². The quantitative estimate of drug-likeness (QED) is 0.0512. The van der Waals surface area contributed by atoms with E-state index < -0.39 is 0 Å². The Labute approximate surface area is 305 Å². The number of carbonyl (C=O) groups is 2. The summed E-state index contributed by atoms with van der Waals surface area (Å²) in [6.45, 7) is 15.7. The largest absolute Gasteiger partial charge is 0.466 e. The number of esters is 2. The Kier molecular flexibility index (Phi) is 34.5. The number of carbonyl (C=O) groups excluding carboxylic acids is 2. The summed E-state index contributed by atoms with van der Waals surface area (Å²) >= 11 is 0. The van der Waals surface area contributed by atoms with Crippen LogP contribution in [0.1, 0.15) is 214 Å². The van der Waals surface area contributed by atoms with Gasteiger partial charge in [0.2, 0.25) is 0 Å². The van der Waals surface area contributed by atoms with Crippen LogP contribution in [-0.4, -0.2) is 61.4 Å². The maximum Gasteiger partial charge on any atom is 0.305 e. The molecule has 0 rings (SSSR count). The molecule has 0 aromatic rings. The van der Waals surface area contributed by atoms with Crippen molar-refractivity contribution in [3.8, 4) is 0 Å². The van der Waals surface area contributed by atoms with Gasteiger partial charge in [-0.25, -0.2) is 0 Å². The van der Waals surface area contributed by atoms with E-state index in [1.54, 1.807) is 0 Å². The van der Waals surface area contributed by atoms with E-state index in [0.29, 0.717) is 26.1 Å². The van der Waals surface area contributed by atoms with Crippen molar-refractivity contribution in [2.45, 2.75) is 214 Å². The van der Waals surface area contributed by atoms with Gasteiger partial charge in [-0.1, -0.05) is 150 Å². The van der Waals surface area contributed by atoms with Gasteiger partial charge in [-0.2, -0.15) is 0 Å². The normalized spacial score (nSPS) is 11.9. The molecule has 0 radical (unpaired) electrons. The van der Waals surface area contributed by atoms with Crippen LogP contribution in [0.4, 0.5) is 0 Å². The molecule has 6 nitrogen and oxygen atoms in total. The molecule has 0 bridgehead atoms. The highest BCUT2D eigenvalue weighted by atomic mass is 16.5. The van der Waals surface area contributed by atoms with Crippen LogP contribution in [0, 0.1) is 11.3 Å². The van der Waals surface area contributed by atoms with Gasteiger partial charge < -0.3 is 19.5 Å². The second-order valence-electron chi connectivity index (χ2n) is 15.8. The standard InChI is InChI=1S/C43H85NO5/c1-6-9-12-13-14-16-21-32-42(47)49-39-43(4,5)33-23-19-25-35-44(36-27-37-45)34-24-18-15-17-20-31-41(46)48-38-26-22-30-40(28-10-7-2)29-11-8-3/h40,45H,6-39H2,1-5H3. The minimum atomic E-state index is -0.0339. The van der Waals surface area contributed by atoms with Crippen LogP contribution in [0.2, 0.25) is 0 Å². The van der Waals surface area contributed by atoms with E-state index in [1.807, 2.05) is 0 Å². The first-order chi connectivity index (χ1) is 23.8. The summed E-state index contributed by atoms with van der Waals surface area (Å²) in [5.41, 5.74) is 0.0222. The molecule has 0 unspecified atom stereocenters. The minimum Gasteiger partial charge on any atom is -0.466 e. The van der Waals surface area contributed by atoms with Gasteiger partial charge in [0, 0.05) is 26.0 Å². The fourth-order valence-electron chi connectivity index (χ4n) is 6.74. The van der Waals surface area contributed by atoms with E-state index in [4.69, 9.17) is 9.47 Å². The van der Waals surface area contributed by atoms with Gasteiger partial charge in [0.05, 0.1) is 13.2 Å². The molecule has 49 heavy (non-hydrogen) atoms. The lowest BCUT2D eigenvalue weighted by atomic mass is 9.88. The molecule has 0 aromatic heterocycles. The van der Waals surface area contributed by atoms with E-state index in [2.05, 4.69) is 39.5 Å². The molecule has 0 amide bonds. The summed E-state index contributed by atoms with van der Waals surface area (Å²) in [6, 6.07) is 0. The Hall–Kier alpha value is -1.14. The highest BCUT2D eigenvalue weighted by Crippen LogP contribution is 2.25. The maximum atomic E-state index is 12.2. The number of nitrogens with zero attached hydrogens (tertiary/aromatic N) is 1. The van der Waals surface area contributed by atoms with Crippen LogP contribution in [0.25, 0.3) is 0 Å². The third kappa shape index (κ3) is 33.7. The third-order valence-corrected chi connectivity index (χ3v) is 10.1. The molecule has 0 heterocycles. The Balaban J connectivity index is 3.93. The van der Waals surface area contributed by atoms with Gasteiger partial charge in [-0.05, 0) is 75.8 Å². The van der Waals surface area contributed by atoms with Gasteiger partial charge in [0.25, 0.3) is 0 Å². The molecule has 6 heteroatoms. The van der Waals surface area contributed by atoms with Crippen LogP contribution < -0.4 is 0 Å². The number of aliphatic hydroxyl groups excluding tert-OH is 1. The fraction of sp³-hybridized carbons (Fsp3) is 0.953. The predicted octanol–water partition coefficient (Wildman–Crippen LogP) is 12.0. The summed E-state index contributed by atoms with van der Waals surface area (Å²) in [5.74, 6) is 0.801. The van der Waals surface area contributed by atoms with Crippen molar-refractivity contribution in [1.82, 2.24) is 4.90 Å². The molecule has 1 N–H and O–H groups in total. The molecule has 0 saturated carbocycles. The smallest absolute Gasteiger partial charge is 0.305 e. The summed E-state index contributed by atoms with van der Waals surface area (Å²) < 4.78 is 11.2. The number of rotatable bonds is 38. The minimum absolute atomic E-state index is 0.0214. The average molecular weight is 696 g/mol. The van der Waals surface area contributed by atoms with E-state index in [9.17, 15) is 14.7 Å². The molecule has 0 fully saturated rings. The zero-order valence-corrected chi connectivity index (χ0v) is 33.6. The van der Waals surface area contributed by atoms with E-state index in [0.717, 1.165) is 83.3 Å². The monoisotopic (exact) mass is 696 g/mol. The second kappa shape index (κ2) is 35.3. The predicted molar refractivity (Wildman–Crippen MR) is 209 cm³/mol. The SMILES string of the molecule is CCCCCCCCCC(=O)OCC(C)(C)CCCCCN(CCCO)CCCCCCCC(=O)OCCCCC(CCCC)CCCC. The number of unbranched alkanes of at least 4 members (excludes halogenated alkanes) is 15. The number of aliphatic hydroxyl groups is 1. The lowest BCUT2D eigenvalue weighted by Crippen LogP contribution is -2.28. The zero-order chi connectivity index (χ0) is 36.3. The number of hydrogen-bond acceptors (Lipinski definition) is 6. The summed E-state index contributed by atoms with van der Waals surface area (Å²) in [7, 11) is 0. The van der Waals surface area contributed by atoms with Crippen LogP contribution in [0.5, 0.6) is 0 Å². The zero-order valence-electron chi connectivity index (χ0n) is 33.6. The van der Waals surface area contributed by atoms with Crippen molar-refractivity contribution in [3.63, 3.8) is 0 Å².